The minimum absolute atomic E-state index is 0.00908. The van der Waals surface area contributed by atoms with Crippen LogP contribution in [-0.4, -0.2) is 58.5 Å². The van der Waals surface area contributed by atoms with Gasteiger partial charge in [-0.1, -0.05) is 31.2 Å². The molecule has 0 aliphatic carbocycles. The molecule has 0 bridgehead atoms. The number of nitrogens with one attached hydrogen (secondary N) is 1. The number of nitrogens with zero attached hydrogens (tertiary/aromatic N) is 3. The Labute approximate surface area is 221 Å². The number of benzene rings is 2. The zero-order valence-electron chi connectivity index (χ0n) is 22.0. The fourth-order valence-corrected chi connectivity index (χ4v) is 5.95. The first-order valence-corrected chi connectivity index (χ1v) is 13.5. The summed E-state index contributed by atoms with van der Waals surface area (Å²) in [6.07, 6.45) is 4.23. The molecule has 4 aromatic rings. The maximum atomic E-state index is 14.0. The zero-order valence-corrected chi connectivity index (χ0v) is 22.0. The molecule has 2 aromatic carbocycles. The minimum atomic E-state index is -0.161. The zero-order chi connectivity index (χ0) is 26.2. The van der Waals surface area contributed by atoms with Crippen molar-refractivity contribution in [1.29, 1.82) is 0 Å². The van der Waals surface area contributed by atoms with Crippen molar-refractivity contribution in [3.05, 3.63) is 75.2 Å². The number of ether oxygens (including phenoxy) is 2. The van der Waals surface area contributed by atoms with Gasteiger partial charge in [-0.3, -0.25) is 14.3 Å². The Bertz CT molecular complexity index is 1550. The van der Waals surface area contributed by atoms with Crippen LogP contribution in [0.2, 0.25) is 0 Å². The SMILES string of the molecule is Cc1cc2[nH]c(=O)c3cnn(C4CCOCC4)c3c2cc1C(=O)N1CCOCc2ccccc2CC(C)C1. The monoisotopic (exact) mass is 514 g/mol. The van der Waals surface area contributed by atoms with Gasteiger partial charge in [0.15, 0.2) is 0 Å². The van der Waals surface area contributed by atoms with E-state index in [0.717, 1.165) is 41.2 Å². The second kappa shape index (κ2) is 10.3. The maximum Gasteiger partial charge on any atom is 0.259 e. The molecule has 1 amide bonds. The van der Waals surface area contributed by atoms with Crippen molar-refractivity contribution in [2.75, 3.05) is 32.9 Å². The Morgan fingerprint density at radius 2 is 1.84 bits per heavy atom. The minimum Gasteiger partial charge on any atom is -0.381 e. The molecule has 38 heavy (non-hydrogen) atoms. The molecule has 1 fully saturated rings. The van der Waals surface area contributed by atoms with Gasteiger partial charge in [0, 0.05) is 37.3 Å². The third-order valence-corrected chi connectivity index (χ3v) is 7.94. The number of fused-ring (bicyclic) bond motifs is 4. The summed E-state index contributed by atoms with van der Waals surface area (Å²) in [5.41, 5.74) is 5.35. The van der Waals surface area contributed by atoms with E-state index in [9.17, 15) is 9.59 Å². The van der Waals surface area contributed by atoms with E-state index in [0.29, 0.717) is 56.4 Å². The molecule has 0 spiro atoms. The smallest absolute Gasteiger partial charge is 0.259 e. The average molecular weight is 515 g/mol. The summed E-state index contributed by atoms with van der Waals surface area (Å²) in [6, 6.07) is 12.4. The first-order valence-electron chi connectivity index (χ1n) is 13.5. The van der Waals surface area contributed by atoms with Crippen LogP contribution in [0.4, 0.5) is 0 Å². The van der Waals surface area contributed by atoms with Gasteiger partial charge in [-0.05, 0) is 60.9 Å². The van der Waals surface area contributed by atoms with E-state index in [1.165, 1.54) is 11.1 Å². The summed E-state index contributed by atoms with van der Waals surface area (Å²) in [4.78, 5) is 31.8. The molecule has 2 aromatic heterocycles. The number of aryl methyl sites for hydroxylation is 1. The van der Waals surface area contributed by atoms with Crippen molar-refractivity contribution in [2.45, 2.75) is 45.8 Å². The van der Waals surface area contributed by atoms with E-state index >= 15 is 0 Å². The Balaban J connectivity index is 1.38. The molecule has 198 valence electrons. The number of hydrogen-bond donors (Lipinski definition) is 1. The lowest BCUT2D eigenvalue weighted by Crippen LogP contribution is -2.38. The Kier molecular flexibility index (Phi) is 6.76. The fourth-order valence-electron chi connectivity index (χ4n) is 5.95. The molecule has 2 aliphatic heterocycles. The van der Waals surface area contributed by atoms with Gasteiger partial charge in [0.05, 0.1) is 41.9 Å². The van der Waals surface area contributed by atoms with Crippen molar-refractivity contribution >= 4 is 27.7 Å². The summed E-state index contributed by atoms with van der Waals surface area (Å²) in [5, 5.41) is 6.01. The highest BCUT2D eigenvalue weighted by Gasteiger charge is 2.25. The highest BCUT2D eigenvalue weighted by atomic mass is 16.5. The summed E-state index contributed by atoms with van der Waals surface area (Å²) in [7, 11) is 0. The molecule has 8 nitrogen and oxygen atoms in total. The van der Waals surface area contributed by atoms with E-state index in [-0.39, 0.29) is 17.5 Å². The summed E-state index contributed by atoms with van der Waals surface area (Å²) >= 11 is 0. The lowest BCUT2D eigenvalue weighted by molar-refractivity contribution is 0.0571. The lowest BCUT2D eigenvalue weighted by Gasteiger charge is -2.28. The van der Waals surface area contributed by atoms with Crippen molar-refractivity contribution in [1.82, 2.24) is 19.7 Å². The number of carbonyl (C=O) groups excluding carboxylic acids is 1. The molecular weight excluding hydrogens is 480 g/mol. The first-order chi connectivity index (χ1) is 18.5. The second-order valence-electron chi connectivity index (χ2n) is 10.7. The van der Waals surface area contributed by atoms with Crippen LogP contribution in [0.15, 0.2) is 47.4 Å². The van der Waals surface area contributed by atoms with Gasteiger partial charge >= 0.3 is 0 Å². The molecule has 8 heteroatoms. The summed E-state index contributed by atoms with van der Waals surface area (Å²) < 4.78 is 13.5. The summed E-state index contributed by atoms with van der Waals surface area (Å²) in [5.74, 6) is 0.294. The van der Waals surface area contributed by atoms with Crippen LogP contribution >= 0.6 is 0 Å². The predicted molar refractivity (Wildman–Crippen MR) is 147 cm³/mol. The van der Waals surface area contributed by atoms with E-state index in [2.05, 4.69) is 41.3 Å². The maximum absolute atomic E-state index is 14.0. The van der Waals surface area contributed by atoms with Crippen molar-refractivity contribution in [3.63, 3.8) is 0 Å². The quantitative estimate of drug-likeness (QED) is 0.429. The highest BCUT2D eigenvalue weighted by Crippen LogP contribution is 2.30. The third-order valence-electron chi connectivity index (χ3n) is 7.94. The molecule has 4 heterocycles. The molecule has 0 saturated carbocycles. The van der Waals surface area contributed by atoms with Crippen LogP contribution in [-0.2, 0) is 22.5 Å². The first kappa shape index (κ1) is 24.8. The predicted octanol–water partition coefficient (Wildman–Crippen LogP) is 4.39. The Hall–Kier alpha value is -3.49. The topological polar surface area (TPSA) is 89.4 Å². The fraction of sp³-hybridized carbons (Fsp3) is 0.433. The number of pyridine rings is 1. The number of carbonyl (C=O) groups is 1. The Morgan fingerprint density at radius 1 is 1.05 bits per heavy atom. The van der Waals surface area contributed by atoms with Gasteiger partial charge in [0.25, 0.3) is 11.5 Å². The van der Waals surface area contributed by atoms with Crippen LogP contribution in [0.25, 0.3) is 21.8 Å². The summed E-state index contributed by atoms with van der Waals surface area (Å²) in [6.45, 7) is 7.70. The van der Waals surface area contributed by atoms with Gasteiger partial charge in [-0.25, -0.2) is 0 Å². The van der Waals surface area contributed by atoms with E-state index < -0.39 is 0 Å². The lowest BCUT2D eigenvalue weighted by atomic mass is 9.95. The van der Waals surface area contributed by atoms with Gasteiger partial charge in [-0.2, -0.15) is 5.10 Å². The average Bonchev–Trinajstić information content (AvgIpc) is 3.37. The van der Waals surface area contributed by atoms with Gasteiger partial charge in [0.2, 0.25) is 0 Å². The van der Waals surface area contributed by atoms with Crippen LogP contribution in [0.3, 0.4) is 0 Å². The van der Waals surface area contributed by atoms with Gasteiger partial charge < -0.3 is 19.4 Å². The number of amides is 1. The van der Waals surface area contributed by atoms with Crippen LogP contribution in [0.1, 0.15) is 52.9 Å². The van der Waals surface area contributed by atoms with Crippen LogP contribution in [0, 0.1) is 12.8 Å². The van der Waals surface area contributed by atoms with Crippen LogP contribution in [0.5, 0.6) is 0 Å². The normalized spacial score (nSPS) is 19.5. The third kappa shape index (κ3) is 4.63. The van der Waals surface area contributed by atoms with E-state index in [1.54, 1.807) is 6.20 Å². The van der Waals surface area contributed by atoms with Crippen molar-refractivity contribution in [3.8, 4) is 0 Å². The standard InChI is InChI=1S/C30H34N4O4/c1-19-13-21-5-3-4-6-22(21)18-38-12-9-33(17-19)30(36)24-15-25-27(14-20(24)2)32-29(35)26-16-31-34(28(25)26)23-7-10-37-11-8-23/h3-6,14-16,19,23H,7-13,17-18H2,1-2H3,(H,32,35). The molecule has 1 saturated heterocycles. The van der Waals surface area contributed by atoms with Gasteiger partial charge in [0.1, 0.15) is 0 Å². The number of aromatic nitrogens is 3. The number of aromatic amines is 1. The number of rotatable bonds is 2. The Morgan fingerprint density at radius 3 is 2.66 bits per heavy atom. The van der Waals surface area contributed by atoms with Gasteiger partial charge in [-0.15, -0.1) is 0 Å². The van der Waals surface area contributed by atoms with Crippen molar-refractivity contribution in [2.24, 2.45) is 5.92 Å². The number of H-pyrrole nitrogens is 1. The van der Waals surface area contributed by atoms with Crippen molar-refractivity contribution < 1.29 is 14.3 Å². The number of hydrogen-bond acceptors (Lipinski definition) is 5. The molecule has 1 unspecified atom stereocenters. The molecule has 1 atom stereocenters. The molecule has 2 aliphatic rings. The highest BCUT2D eigenvalue weighted by molar-refractivity contribution is 6.07. The van der Waals surface area contributed by atoms with E-state index in [4.69, 9.17) is 9.47 Å². The molecular formula is C30H34N4O4. The molecule has 1 N–H and O–H groups in total. The van der Waals surface area contributed by atoms with Crippen LogP contribution < -0.4 is 5.56 Å². The second-order valence-corrected chi connectivity index (χ2v) is 10.7. The largest absolute Gasteiger partial charge is 0.381 e. The van der Waals surface area contributed by atoms with E-state index in [1.807, 2.05) is 28.6 Å². The molecule has 6 rings (SSSR count). The molecule has 0 radical (unpaired) electrons.